The highest BCUT2D eigenvalue weighted by Gasteiger charge is 2.25. The Morgan fingerprint density at radius 3 is 2.76 bits per heavy atom. The van der Waals surface area contributed by atoms with Crippen LogP contribution in [0.15, 0.2) is 30.3 Å². The Morgan fingerprint density at radius 1 is 1.19 bits per heavy atom. The highest BCUT2D eigenvalue weighted by atomic mass is 127. The van der Waals surface area contributed by atoms with Crippen LogP contribution in [0.3, 0.4) is 0 Å². The smallest absolute Gasteiger partial charge is 0.303 e. The van der Waals surface area contributed by atoms with Crippen LogP contribution in [-0.2, 0) is 9.53 Å². The van der Waals surface area contributed by atoms with E-state index in [2.05, 4.69) is 46.6 Å². The van der Waals surface area contributed by atoms with E-state index < -0.39 is 6.10 Å². The van der Waals surface area contributed by atoms with Gasteiger partial charge in [-0.25, -0.2) is 4.98 Å². The van der Waals surface area contributed by atoms with Crippen LogP contribution in [0.4, 0.5) is 0 Å². The fourth-order valence-corrected chi connectivity index (χ4v) is 3.04. The summed E-state index contributed by atoms with van der Waals surface area (Å²) in [6.07, 6.45) is 3.63. The van der Waals surface area contributed by atoms with Crippen molar-refractivity contribution in [1.82, 2.24) is 4.98 Å². The number of aryl methyl sites for hydroxylation is 1. The number of pyridine rings is 1. The zero-order valence-corrected chi connectivity index (χ0v) is 13.9. The summed E-state index contributed by atoms with van der Waals surface area (Å²) in [6.45, 7) is 3.49. The van der Waals surface area contributed by atoms with Gasteiger partial charge in [0.2, 0.25) is 0 Å². The molecule has 3 rings (SSSR count). The zero-order valence-electron chi connectivity index (χ0n) is 11.8. The predicted octanol–water partition coefficient (Wildman–Crippen LogP) is 4.13. The average Bonchev–Trinajstić information content (AvgIpc) is 2.57. The average molecular weight is 391 g/mol. The van der Waals surface area contributed by atoms with Crippen LogP contribution in [0.2, 0.25) is 0 Å². The Morgan fingerprint density at radius 2 is 2.00 bits per heavy atom. The lowest BCUT2D eigenvalue weighted by Crippen LogP contribution is -2.12. The molecule has 0 radical (unpaired) electrons. The number of hydrogen-bond acceptors (Lipinski definition) is 3. The minimum absolute atomic E-state index is 0.293. The van der Waals surface area contributed by atoms with E-state index in [-0.39, 0.29) is 5.97 Å². The summed E-state index contributed by atoms with van der Waals surface area (Å²) in [5.41, 5.74) is 5.03. The fourth-order valence-electron chi connectivity index (χ4n) is 2.60. The number of esters is 1. The number of ether oxygens (including phenoxy) is 1. The maximum absolute atomic E-state index is 11.5. The van der Waals surface area contributed by atoms with Gasteiger partial charge in [-0.15, -0.1) is 0 Å². The third-order valence-electron chi connectivity index (χ3n) is 3.54. The first-order valence-corrected chi connectivity index (χ1v) is 7.75. The molecule has 0 saturated heterocycles. The number of carbonyl (C=O) groups is 1. The van der Waals surface area contributed by atoms with Crippen LogP contribution >= 0.6 is 22.6 Å². The molecule has 0 saturated carbocycles. The van der Waals surface area contributed by atoms with Gasteiger partial charge in [-0.3, -0.25) is 4.79 Å². The summed E-state index contributed by atoms with van der Waals surface area (Å²) in [6, 6.07) is 9.97. The molecule has 0 bridgehead atoms. The Balaban J connectivity index is 2.25. The second-order valence-electron chi connectivity index (χ2n) is 5.01. The molecule has 1 unspecified atom stereocenters. The molecular weight excluding hydrogens is 377 g/mol. The fraction of sp³-hybridized carbons (Fsp3) is 0.176. The Hall–Kier alpha value is -1.69. The number of fused-ring (bicyclic) bond motifs is 2. The molecule has 0 amide bonds. The van der Waals surface area contributed by atoms with Crippen LogP contribution in [0.5, 0.6) is 0 Å². The van der Waals surface area contributed by atoms with Crippen LogP contribution in [0.25, 0.3) is 12.2 Å². The van der Waals surface area contributed by atoms with E-state index in [0.717, 1.165) is 31.6 Å². The second kappa shape index (κ2) is 5.60. The van der Waals surface area contributed by atoms with Crippen molar-refractivity contribution in [2.24, 2.45) is 0 Å². The van der Waals surface area contributed by atoms with Crippen LogP contribution in [0, 0.1) is 10.6 Å². The number of halogens is 1. The molecule has 3 nitrogen and oxygen atoms in total. The molecule has 2 aromatic rings. The number of benzene rings is 1. The minimum Gasteiger partial charge on any atom is -0.453 e. The van der Waals surface area contributed by atoms with Gasteiger partial charge in [0.25, 0.3) is 0 Å². The van der Waals surface area contributed by atoms with Gasteiger partial charge in [-0.05, 0) is 52.8 Å². The number of nitrogens with zero attached hydrogens (tertiary/aromatic N) is 1. The highest BCUT2D eigenvalue weighted by Crippen LogP contribution is 2.36. The van der Waals surface area contributed by atoms with Crippen molar-refractivity contribution in [3.05, 3.63) is 62.0 Å². The molecule has 1 aliphatic carbocycles. The van der Waals surface area contributed by atoms with Crippen molar-refractivity contribution in [3.63, 3.8) is 0 Å². The summed E-state index contributed by atoms with van der Waals surface area (Å²) in [7, 11) is 0. The summed E-state index contributed by atoms with van der Waals surface area (Å²) < 4.78 is 6.51. The van der Waals surface area contributed by atoms with E-state index in [9.17, 15) is 4.79 Å². The van der Waals surface area contributed by atoms with E-state index in [1.807, 2.05) is 30.3 Å². The van der Waals surface area contributed by atoms with Gasteiger partial charge in [-0.1, -0.05) is 30.3 Å². The summed E-state index contributed by atoms with van der Waals surface area (Å²) in [5.74, 6) is -0.293. The maximum Gasteiger partial charge on any atom is 0.303 e. The van der Waals surface area contributed by atoms with Gasteiger partial charge < -0.3 is 4.74 Å². The Labute approximate surface area is 137 Å². The molecule has 0 N–H and O–H groups in total. The van der Waals surface area contributed by atoms with Crippen LogP contribution in [-0.4, -0.2) is 11.0 Å². The van der Waals surface area contributed by atoms with E-state index in [1.54, 1.807) is 0 Å². The normalized spacial score (nSPS) is 15.9. The van der Waals surface area contributed by atoms with Gasteiger partial charge in [0, 0.05) is 18.1 Å². The molecule has 21 heavy (non-hydrogen) atoms. The lowest BCUT2D eigenvalue weighted by Gasteiger charge is -2.20. The standard InChI is InChI=1S/C17H14INO2/c1-10-4-3-5-13-12(10)6-8-15-14(7-9-16(18)19-15)17(13)21-11(2)20/h3-9,17H,1-2H3. The summed E-state index contributed by atoms with van der Waals surface area (Å²) in [5, 5.41) is 0. The first-order valence-electron chi connectivity index (χ1n) is 6.67. The van der Waals surface area contributed by atoms with E-state index in [1.165, 1.54) is 6.92 Å². The first kappa shape index (κ1) is 14.3. The molecule has 1 aliphatic rings. The molecule has 0 aliphatic heterocycles. The van der Waals surface area contributed by atoms with Gasteiger partial charge in [0.1, 0.15) is 3.70 Å². The van der Waals surface area contributed by atoms with Crippen molar-refractivity contribution >= 4 is 40.7 Å². The molecule has 1 heterocycles. The van der Waals surface area contributed by atoms with Crippen molar-refractivity contribution in [2.45, 2.75) is 20.0 Å². The number of aromatic nitrogens is 1. The van der Waals surface area contributed by atoms with Crippen molar-refractivity contribution in [1.29, 1.82) is 0 Å². The third kappa shape index (κ3) is 2.72. The lowest BCUT2D eigenvalue weighted by atomic mass is 9.95. The monoisotopic (exact) mass is 391 g/mol. The van der Waals surface area contributed by atoms with Crippen molar-refractivity contribution in [3.8, 4) is 0 Å². The first-order chi connectivity index (χ1) is 10.1. The van der Waals surface area contributed by atoms with Gasteiger partial charge in [0.15, 0.2) is 6.10 Å². The second-order valence-corrected chi connectivity index (χ2v) is 6.11. The SMILES string of the molecule is CC(=O)OC1c2ccc(I)nc2C=Cc2c(C)cccc21. The third-order valence-corrected chi connectivity index (χ3v) is 4.14. The predicted molar refractivity (Wildman–Crippen MR) is 90.7 cm³/mol. The highest BCUT2D eigenvalue weighted by molar-refractivity contribution is 14.1. The quantitative estimate of drug-likeness (QED) is 0.417. The van der Waals surface area contributed by atoms with E-state index >= 15 is 0 Å². The summed E-state index contributed by atoms with van der Waals surface area (Å²) >= 11 is 2.18. The van der Waals surface area contributed by atoms with E-state index in [0.29, 0.717) is 0 Å². The minimum atomic E-state index is -0.410. The van der Waals surface area contributed by atoms with Crippen LogP contribution < -0.4 is 0 Å². The molecule has 0 fully saturated rings. The lowest BCUT2D eigenvalue weighted by molar-refractivity contribution is -0.144. The number of hydrogen-bond donors (Lipinski definition) is 0. The molecular formula is C17H14INO2. The van der Waals surface area contributed by atoms with Gasteiger partial charge in [-0.2, -0.15) is 0 Å². The summed E-state index contributed by atoms with van der Waals surface area (Å²) in [4.78, 5) is 16.1. The Kier molecular flexibility index (Phi) is 3.80. The molecule has 4 heteroatoms. The number of rotatable bonds is 1. The van der Waals surface area contributed by atoms with Crippen molar-refractivity contribution in [2.75, 3.05) is 0 Å². The molecule has 1 aromatic heterocycles. The molecule has 1 atom stereocenters. The molecule has 1 aromatic carbocycles. The van der Waals surface area contributed by atoms with Gasteiger partial charge >= 0.3 is 5.97 Å². The molecule has 0 spiro atoms. The maximum atomic E-state index is 11.5. The molecule has 106 valence electrons. The zero-order chi connectivity index (χ0) is 15.0. The Bertz CT molecular complexity index is 752. The van der Waals surface area contributed by atoms with Crippen LogP contribution in [0.1, 0.15) is 41.0 Å². The van der Waals surface area contributed by atoms with Crippen molar-refractivity contribution < 1.29 is 9.53 Å². The largest absolute Gasteiger partial charge is 0.453 e. The van der Waals surface area contributed by atoms with Gasteiger partial charge in [0.05, 0.1) is 5.69 Å². The van der Waals surface area contributed by atoms with E-state index in [4.69, 9.17) is 4.74 Å². The number of carbonyl (C=O) groups excluding carboxylic acids is 1. The topological polar surface area (TPSA) is 39.2 Å².